The molecule has 1 aromatic carbocycles. The van der Waals surface area contributed by atoms with E-state index < -0.39 is 0 Å². The summed E-state index contributed by atoms with van der Waals surface area (Å²) in [6, 6.07) is 7.83. The first-order chi connectivity index (χ1) is 9.60. The molecule has 1 aromatic heterocycles. The van der Waals surface area contributed by atoms with E-state index in [-0.39, 0.29) is 5.91 Å². The normalized spacial score (nSPS) is 10.3. The molecule has 2 N–H and O–H groups in total. The van der Waals surface area contributed by atoms with Crippen LogP contribution in [0, 0.1) is 6.92 Å². The van der Waals surface area contributed by atoms with Crippen molar-refractivity contribution in [1.82, 2.24) is 5.32 Å². The largest absolute Gasteiger partial charge is 0.380 e. The van der Waals surface area contributed by atoms with Crippen molar-refractivity contribution in [2.45, 2.75) is 20.4 Å². The molecule has 0 fully saturated rings. The first kappa shape index (κ1) is 15.1. The van der Waals surface area contributed by atoms with Crippen molar-refractivity contribution < 1.29 is 4.79 Å². The van der Waals surface area contributed by atoms with Gasteiger partial charge in [0, 0.05) is 39.1 Å². The molecule has 2 rings (SSSR count). The average Bonchev–Trinajstić information content (AvgIpc) is 2.84. The van der Waals surface area contributed by atoms with E-state index in [0.29, 0.717) is 12.1 Å². The van der Waals surface area contributed by atoms with Gasteiger partial charge in [0.25, 0.3) is 5.91 Å². The molecule has 0 aliphatic carbocycles. The highest BCUT2D eigenvalue weighted by molar-refractivity contribution is 9.10. The summed E-state index contributed by atoms with van der Waals surface area (Å²) in [4.78, 5) is 13.1. The zero-order chi connectivity index (χ0) is 14.5. The third-order valence-electron chi connectivity index (χ3n) is 2.91. The number of carbonyl (C=O) groups is 1. The number of hydrogen-bond acceptors (Lipinski definition) is 3. The van der Waals surface area contributed by atoms with Crippen LogP contribution in [-0.2, 0) is 6.54 Å². The lowest BCUT2D eigenvalue weighted by Gasteiger charge is -2.11. The van der Waals surface area contributed by atoms with Gasteiger partial charge in [-0.05, 0) is 53.5 Å². The number of rotatable bonds is 5. The predicted molar refractivity (Wildman–Crippen MR) is 88.5 cm³/mol. The smallest absolute Gasteiger partial charge is 0.251 e. The molecule has 0 unspecified atom stereocenters. The first-order valence-corrected chi connectivity index (χ1v) is 8.13. The number of aryl methyl sites for hydroxylation is 1. The molecule has 0 saturated carbocycles. The summed E-state index contributed by atoms with van der Waals surface area (Å²) in [7, 11) is 0. The molecular weight excluding hydrogens is 336 g/mol. The zero-order valence-electron chi connectivity index (χ0n) is 11.5. The Kier molecular flexibility index (Phi) is 5.20. The number of nitrogens with one attached hydrogen (secondary N) is 2. The number of carbonyl (C=O) groups excluding carboxylic acids is 1. The Morgan fingerprint density at radius 1 is 1.35 bits per heavy atom. The lowest BCUT2D eigenvalue weighted by atomic mass is 10.1. The Balaban J connectivity index is 2.10. The van der Waals surface area contributed by atoms with Gasteiger partial charge in [-0.3, -0.25) is 4.79 Å². The molecule has 0 spiro atoms. The van der Waals surface area contributed by atoms with Crippen molar-refractivity contribution in [3.63, 3.8) is 0 Å². The van der Waals surface area contributed by atoms with Crippen molar-refractivity contribution in [2.24, 2.45) is 0 Å². The summed E-state index contributed by atoms with van der Waals surface area (Å²) in [5.41, 5.74) is 2.82. The molecular formula is C15H17BrN2OS. The van der Waals surface area contributed by atoms with Gasteiger partial charge in [-0.2, -0.15) is 0 Å². The van der Waals surface area contributed by atoms with Crippen molar-refractivity contribution in [3.8, 4) is 0 Å². The fraction of sp³-hybridized carbons (Fsp3) is 0.267. The number of thiophene rings is 1. The second-order valence-electron chi connectivity index (χ2n) is 4.47. The van der Waals surface area contributed by atoms with E-state index in [1.807, 2.05) is 32.0 Å². The molecule has 20 heavy (non-hydrogen) atoms. The summed E-state index contributed by atoms with van der Waals surface area (Å²) in [6.07, 6.45) is 0. The average molecular weight is 353 g/mol. The van der Waals surface area contributed by atoms with Crippen molar-refractivity contribution in [2.75, 3.05) is 11.9 Å². The van der Waals surface area contributed by atoms with Crippen LogP contribution in [0.15, 0.2) is 34.1 Å². The van der Waals surface area contributed by atoms with E-state index >= 15 is 0 Å². The number of halogens is 1. The third kappa shape index (κ3) is 3.84. The Morgan fingerprint density at radius 2 is 2.15 bits per heavy atom. The lowest BCUT2D eigenvalue weighted by molar-refractivity contribution is 0.0956. The van der Waals surface area contributed by atoms with Crippen LogP contribution < -0.4 is 10.6 Å². The maximum Gasteiger partial charge on any atom is 0.251 e. The highest BCUT2D eigenvalue weighted by atomic mass is 79.9. The highest BCUT2D eigenvalue weighted by Gasteiger charge is 2.07. The number of anilines is 1. The van der Waals surface area contributed by atoms with Gasteiger partial charge >= 0.3 is 0 Å². The predicted octanol–water partition coefficient (Wildman–Crippen LogP) is 4.18. The zero-order valence-corrected chi connectivity index (χ0v) is 13.9. The summed E-state index contributed by atoms with van der Waals surface area (Å²) >= 11 is 5.16. The number of amides is 1. The van der Waals surface area contributed by atoms with Crippen LogP contribution in [0.4, 0.5) is 5.69 Å². The second-order valence-corrected chi connectivity index (χ2v) is 6.39. The maximum absolute atomic E-state index is 11.8. The number of benzene rings is 1. The SMILES string of the molecule is CCNC(=O)c1ccc(C)c(NCc2cc(Br)cs2)c1. The van der Waals surface area contributed by atoms with Gasteiger partial charge < -0.3 is 10.6 Å². The van der Waals surface area contributed by atoms with Crippen LogP contribution in [0.5, 0.6) is 0 Å². The summed E-state index contributed by atoms with van der Waals surface area (Å²) in [6.45, 7) is 5.35. The molecule has 1 heterocycles. The highest BCUT2D eigenvalue weighted by Crippen LogP contribution is 2.22. The summed E-state index contributed by atoms with van der Waals surface area (Å²) in [5.74, 6) is -0.0329. The molecule has 0 radical (unpaired) electrons. The third-order valence-corrected chi connectivity index (χ3v) is 4.61. The van der Waals surface area contributed by atoms with E-state index in [1.165, 1.54) is 4.88 Å². The van der Waals surface area contributed by atoms with Crippen molar-refractivity contribution in [1.29, 1.82) is 0 Å². The molecule has 0 aliphatic rings. The number of hydrogen-bond donors (Lipinski definition) is 2. The van der Waals surface area contributed by atoms with Crippen LogP contribution >= 0.6 is 27.3 Å². The van der Waals surface area contributed by atoms with E-state index in [0.717, 1.165) is 22.3 Å². The minimum Gasteiger partial charge on any atom is -0.380 e. The van der Waals surface area contributed by atoms with Gasteiger partial charge in [-0.1, -0.05) is 6.07 Å². The standard InChI is InChI=1S/C15H17BrN2OS/c1-3-17-15(19)11-5-4-10(2)14(6-11)18-8-13-7-12(16)9-20-13/h4-7,9,18H,3,8H2,1-2H3,(H,17,19). The van der Waals surface area contributed by atoms with Gasteiger partial charge in [0.15, 0.2) is 0 Å². The topological polar surface area (TPSA) is 41.1 Å². The van der Waals surface area contributed by atoms with E-state index in [9.17, 15) is 4.79 Å². The van der Waals surface area contributed by atoms with Crippen LogP contribution in [-0.4, -0.2) is 12.5 Å². The Hall–Kier alpha value is -1.33. The summed E-state index contributed by atoms with van der Waals surface area (Å²) < 4.78 is 1.10. The Morgan fingerprint density at radius 3 is 2.80 bits per heavy atom. The van der Waals surface area contributed by atoms with Crippen LogP contribution in [0.25, 0.3) is 0 Å². The molecule has 2 aromatic rings. The molecule has 106 valence electrons. The first-order valence-electron chi connectivity index (χ1n) is 6.45. The van der Waals surface area contributed by atoms with Crippen molar-refractivity contribution >= 4 is 38.9 Å². The molecule has 5 heteroatoms. The van der Waals surface area contributed by atoms with E-state index in [4.69, 9.17) is 0 Å². The summed E-state index contributed by atoms with van der Waals surface area (Å²) in [5, 5.41) is 8.27. The van der Waals surface area contributed by atoms with Crippen LogP contribution in [0.3, 0.4) is 0 Å². The molecule has 0 bridgehead atoms. The molecule has 0 atom stereocenters. The minimum atomic E-state index is -0.0329. The second kappa shape index (κ2) is 6.90. The van der Waals surface area contributed by atoms with Crippen LogP contribution in [0.1, 0.15) is 27.7 Å². The quantitative estimate of drug-likeness (QED) is 0.847. The van der Waals surface area contributed by atoms with Crippen molar-refractivity contribution in [3.05, 3.63) is 50.1 Å². The Labute approximate surface area is 131 Å². The van der Waals surface area contributed by atoms with Gasteiger partial charge in [-0.15, -0.1) is 11.3 Å². The minimum absolute atomic E-state index is 0.0329. The van der Waals surface area contributed by atoms with Gasteiger partial charge in [0.2, 0.25) is 0 Å². The molecule has 1 amide bonds. The fourth-order valence-electron chi connectivity index (χ4n) is 1.85. The van der Waals surface area contributed by atoms with Gasteiger partial charge in [-0.25, -0.2) is 0 Å². The maximum atomic E-state index is 11.8. The fourth-order valence-corrected chi connectivity index (χ4v) is 3.24. The van der Waals surface area contributed by atoms with Gasteiger partial charge in [0.1, 0.15) is 0 Å². The molecule has 0 saturated heterocycles. The lowest BCUT2D eigenvalue weighted by Crippen LogP contribution is -2.22. The molecule has 3 nitrogen and oxygen atoms in total. The Bertz CT molecular complexity index is 610. The molecule has 0 aliphatic heterocycles. The van der Waals surface area contributed by atoms with Gasteiger partial charge in [0.05, 0.1) is 0 Å². The van der Waals surface area contributed by atoms with Crippen LogP contribution in [0.2, 0.25) is 0 Å². The van der Waals surface area contributed by atoms with E-state index in [1.54, 1.807) is 11.3 Å². The monoisotopic (exact) mass is 352 g/mol. The van der Waals surface area contributed by atoms with E-state index in [2.05, 4.69) is 38.0 Å².